The highest BCUT2D eigenvalue weighted by Gasteiger charge is 2.27. The van der Waals surface area contributed by atoms with Crippen molar-refractivity contribution in [2.75, 3.05) is 0 Å². The molecule has 0 spiro atoms. The number of rotatable bonds is 4. The lowest BCUT2D eigenvalue weighted by molar-refractivity contribution is -0.137. The lowest BCUT2D eigenvalue weighted by atomic mass is 9.93. The van der Waals surface area contributed by atoms with E-state index in [1.807, 2.05) is 16.3 Å². The smallest absolute Gasteiger partial charge is 0.271 e. The van der Waals surface area contributed by atoms with E-state index in [1.165, 1.54) is 41.5 Å². The molecule has 1 amide bonds. The van der Waals surface area contributed by atoms with Gasteiger partial charge >= 0.3 is 0 Å². The van der Waals surface area contributed by atoms with E-state index in [0.29, 0.717) is 16.3 Å². The van der Waals surface area contributed by atoms with Crippen molar-refractivity contribution in [2.45, 2.75) is 64.6 Å². The van der Waals surface area contributed by atoms with Crippen molar-refractivity contribution >= 4 is 27.5 Å². The molecule has 2 aromatic heterocycles. The third kappa shape index (κ3) is 3.32. The number of carbonyl (C=O) groups is 1. The average molecular weight is 333 g/mol. The van der Waals surface area contributed by atoms with Crippen LogP contribution in [0.1, 0.15) is 46.0 Å². The summed E-state index contributed by atoms with van der Waals surface area (Å²) >= 11 is 1.38. The highest BCUT2D eigenvalue weighted by Crippen LogP contribution is 2.24. The van der Waals surface area contributed by atoms with Gasteiger partial charge in [0.15, 0.2) is 0 Å². The van der Waals surface area contributed by atoms with E-state index in [1.54, 1.807) is 0 Å². The summed E-state index contributed by atoms with van der Waals surface area (Å²) in [5, 5.41) is 1.85. The first kappa shape index (κ1) is 16.2. The van der Waals surface area contributed by atoms with Gasteiger partial charge in [-0.2, -0.15) is 0 Å². The van der Waals surface area contributed by atoms with Crippen LogP contribution in [0.4, 0.5) is 0 Å². The molecule has 1 aliphatic carbocycles. The Bertz CT molecular complexity index is 744. The highest BCUT2D eigenvalue weighted by molar-refractivity contribution is 7.17. The van der Waals surface area contributed by atoms with Crippen LogP contribution in [0.2, 0.25) is 0 Å². The van der Waals surface area contributed by atoms with Crippen LogP contribution < -0.4 is 5.56 Å². The average Bonchev–Trinajstić information content (AvgIpc) is 3.00. The van der Waals surface area contributed by atoms with Crippen molar-refractivity contribution in [3.63, 3.8) is 0 Å². The summed E-state index contributed by atoms with van der Waals surface area (Å²) in [6, 6.07) is 2.29. The molecule has 0 aliphatic heterocycles. The SMILES string of the molecule is CC(C)N(C(=O)Cn1cnc2ccsc2c1=O)C1CCCCC1. The molecule has 23 heavy (non-hydrogen) atoms. The molecule has 2 aromatic rings. The van der Waals surface area contributed by atoms with Crippen LogP contribution in [0.15, 0.2) is 22.6 Å². The Hall–Kier alpha value is -1.69. The Morgan fingerprint density at radius 2 is 2.13 bits per heavy atom. The van der Waals surface area contributed by atoms with E-state index in [-0.39, 0.29) is 24.1 Å². The van der Waals surface area contributed by atoms with Gasteiger partial charge in [0, 0.05) is 12.1 Å². The van der Waals surface area contributed by atoms with Gasteiger partial charge in [-0.1, -0.05) is 19.3 Å². The molecule has 0 saturated heterocycles. The minimum absolute atomic E-state index is 0.0201. The van der Waals surface area contributed by atoms with Gasteiger partial charge in [0.1, 0.15) is 11.2 Å². The molecule has 0 unspecified atom stereocenters. The van der Waals surface area contributed by atoms with Gasteiger partial charge < -0.3 is 4.90 Å². The number of hydrogen-bond acceptors (Lipinski definition) is 4. The quantitative estimate of drug-likeness (QED) is 0.864. The summed E-state index contributed by atoms with van der Waals surface area (Å²) in [6.45, 7) is 4.18. The predicted octanol–water partition coefficient (Wildman–Crippen LogP) is 3.03. The molecule has 3 rings (SSSR count). The Balaban J connectivity index is 1.82. The molecule has 6 heteroatoms. The number of fused-ring (bicyclic) bond motifs is 1. The molecule has 124 valence electrons. The zero-order chi connectivity index (χ0) is 16.4. The van der Waals surface area contributed by atoms with Crippen LogP contribution in [0.3, 0.4) is 0 Å². The molecular weight excluding hydrogens is 310 g/mol. The fourth-order valence-corrected chi connectivity index (χ4v) is 4.28. The third-order valence-electron chi connectivity index (χ3n) is 4.55. The number of amides is 1. The number of hydrogen-bond donors (Lipinski definition) is 0. The summed E-state index contributed by atoms with van der Waals surface area (Å²) in [5.41, 5.74) is 0.586. The van der Waals surface area contributed by atoms with Crippen LogP contribution in [0, 0.1) is 0 Å². The minimum atomic E-state index is -0.120. The van der Waals surface area contributed by atoms with E-state index < -0.39 is 0 Å². The Labute approximate surface area is 139 Å². The molecule has 1 aliphatic rings. The third-order valence-corrected chi connectivity index (χ3v) is 5.45. The van der Waals surface area contributed by atoms with Crippen molar-refractivity contribution in [3.8, 4) is 0 Å². The summed E-state index contributed by atoms with van der Waals surface area (Å²) < 4.78 is 2.06. The van der Waals surface area contributed by atoms with Gasteiger partial charge in [0.05, 0.1) is 11.8 Å². The van der Waals surface area contributed by atoms with E-state index in [0.717, 1.165) is 12.8 Å². The van der Waals surface area contributed by atoms with Crippen LogP contribution in [-0.2, 0) is 11.3 Å². The Morgan fingerprint density at radius 1 is 1.39 bits per heavy atom. The minimum Gasteiger partial charge on any atom is -0.336 e. The zero-order valence-electron chi connectivity index (χ0n) is 13.7. The lowest BCUT2D eigenvalue weighted by Gasteiger charge is -2.37. The summed E-state index contributed by atoms with van der Waals surface area (Å²) in [5.74, 6) is 0.0201. The monoisotopic (exact) mass is 333 g/mol. The van der Waals surface area contributed by atoms with Gasteiger partial charge in [0.2, 0.25) is 5.91 Å². The maximum absolute atomic E-state index is 12.8. The first-order valence-electron chi connectivity index (χ1n) is 8.31. The van der Waals surface area contributed by atoms with Gasteiger partial charge in [0.25, 0.3) is 5.56 Å². The first-order valence-corrected chi connectivity index (χ1v) is 9.19. The van der Waals surface area contributed by atoms with Gasteiger partial charge in [-0.15, -0.1) is 11.3 Å². The topological polar surface area (TPSA) is 55.2 Å². The Morgan fingerprint density at radius 3 is 2.83 bits per heavy atom. The molecule has 1 fully saturated rings. The summed E-state index contributed by atoms with van der Waals surface area (Å²) in [7, 11) is 0. The number of nitrogens with zero attached hydrogens (tertiary/aromatic N) is 3. The fourth-order valence-electron chi connectivity index (χ4n) is 3.49. The number of aromatic nitrogens is 2. The summed E-state index contributed by atoms with van der Waals surface area (Å²) in [4.78, 5) is 31.5. The maximum atomic E-state index is 12.8. The maximum Gasteiger partial charge on any atom is 0.271 e. The number of carbonyl (C=O) groups excluding carboxylic acids is 1. The van der Waals surface area contributed by atoms with Crippen LogP contribution in [-0.4, -0.2) is 32.4 Å². The van der Waals surface area contributed by atoms with Crippen LogP contribution >= 0.6 is 11.3 Å². The number of thiophene rings is 1. The molecule has 0 bridgehead atoms. The van der Waals surface area contributed by atoms with Crippen molar-refractivity contribution in [1.29, 1.82) is 0 Å². The molecule has 5 nitrogen and oxygen atoms in total. The molecule has 0 aromatic carbocycles. The van der Waals surface area contributed by atoms with Gasteiger partial charge in [-0.3, -0.25) is 14.2 Å². The highest BCUT2D eigenvalue weighted by atomic mass is 32.1. The standard InChI is InChI=1S/C17H23N3O2S/c1-12(2)20(13-6-4-3-5-7-13)15(21)10-19-11-18-14-8-9-23-16(14)17(19)22/h8-9,11-13H,3-7,10H2,1-2H3. The lowest BCUT2D eigenvalue weighted by Crippen LogP contribution is -2.47. The fraction of sp³-hybridized carbons (Fsp3) is 0.588. The zero-order valence-corrected chi connectivity index (χ0v) is 14.5. The molecular formula is C17H23N3O2S. The Kier molecular flexibility index (Phi) is 4.80. The summed E-state index contributed by atoms with van der Waals surface area (Å²) in [6.07, 6.45) is 7.26. The van der Waals surface area contributed by atoms with Crippen molar-refractivity contribution < 1.29 is 4.79 Å². The second-order valence-corrected chi connectivity index (χ2v) is 7.42. The van der Waals surface area contributed by atoms with Crippen molar-refractivity contribution in [3.05, 3.63) is 28.1 Å². The van der Waals surface area contributed by atoms with E-state index >= 15 is 0 Å². The molecule has 0 radical (unpaired) electrons. The van der Waals surface area contributed by atoms with Crippen LogP contribution in [0.25, 0.3) is 10.2 Å². The second kappa shape index (κ2) is 6.83. The van der Waals surface area contributed by atoms with E-state index in [2.05, 4.69) is 18.8 Å². The molecule has 1 saturated carbocycles. The molecule has 2 heterocycles. The van der Waals surface area contributed by atoms with Crippen molar-refractivity contribution in [1.82, 2.24) is 14.5 Å². The first-order chi connectivity index (χ1) is 11.1. The largest absolute Gasteiger partial charge is 0.336 e. The predicted molar refractivity (Wildman–Crippen MR) is 92.7 cm³/mol. The second-order valence-electron chi connectivity index (χ2n) is 6.50. The van der Waals surface area contributed by atoms with Crippen LogP contribution in [0.5, 0.6) is 0 Å². The molecule has 0 atom stereocenters. The molecule has 0 N–H and O–H groups in total. The van der Waals surface area contributed by atoms with E-state index in [4.69, 9.17) is 0 Å². The van der Waals surface area contributed by atoms with Gasteiger partial charge in [-0.05, 0) is 38.1 Å². The van der Waals surface area contributed by atoms with Crippen molar-refractivity contribution in [2.24, 2.45) is 0 Å². The van der Waals surface area contributed by atoms with E-state index in [9.17, 15) is 9.59 Å². The van der Waals surface area contributed by atoms with Gasteiger partial charge in [-0.25, -0.2) is 4.98 Å². The normalized spacial score (nSPS) is 16.1.